The van der Waals surface area contributed by atoms with Gasteiger partial charge in [-0.05, 0) is 31.8 Å². The molecule has 0 aliphatic heterocycles. The highest BCUT2D eigenvalue weighted by atomic mass is 16.1. The van der Waals surface area contributed by atoms with Gasteiger partial charge in [0.2, 0.25) is 5.91 Å². The van der Waals surface area contributed by atoms with E-state index in [9.17, 15) is 4.79 Å². The van der Waals surface area contributed by atoms with Crippen molar-refractivity contribution in [2.75, 3.05) is 0 Å². The average molecular weight is 195 g/mol. The minimum absolute atomic E-state index is 0.0613. The summed E-state index contributed by atoms with van der Waals surface area (Å²) in [6.45, 7) is 4.11. The summed E-state index contributed by atoms with van der Waals surface area (Å²) in [6.07, 6.45) is 9.68. The molecule has 1 aliphatic rings. The largest absolute Gasteiger partial charge is 0.350 e. The Morgan fingerprint density at radius 1 is 1.29 bits per heavy atom. The SMILES string of the molecule is C/C=C/C(=O)NC1CCCCCC1C. The van der Waals surface area contributed by atoms with Gasteiger partial charge < -0.3 is 5.32 Å². The molecule has 1 amide bonds. The van der Waals surface area contributed by atoms with E-state index < -0.39 is 0 Å². The fourth-order valence-electron chi connectivity index (χ4n) is 2.09. The first kappa shape index (κ1) is 11.3. The quantitative estimate of drug-likeness (QED) is 0.532. The van der Waals surface area contributed by atoms with Gasteiger partial charge in [-0.1, -0.05) is 32.3 Å². The van der Waals surface area contributed by atoms with Crippen molar-refractivity contribution in [2.24, 2.45) is 5.92 Å². The molecule has 1 aliphatic carbocycles. The molecule has 0 aromatic rings. The third kappa shape index (κ3) is 3.52. The van der Waals surface area contributed by atoms with Gasteiger partial charge in [0.15, 0.2) is 0 Å². The Hall–Kier alpha value is -0.790. The standard InChI is InChI=1S/C12H21NO/c1-3-7-12(14)13-11-9-6-4-5-8-10(11)2/h3,7,10-11H,4-6,8-9H2,1-2H3,(H,13,14)/b7-3+. The van der Waals surface area contributed by atoms with Gasteiger partial charge in [-0.25, -0.2) is 0 Å². The Balaban J connectivity index is 2.44. The Bertz CT molecular complexity index is 210. The number of hydrogen-bond acceptors (Lipinski definition) is 1. The number of hydrogen-bond donors (Lipinski definition) is 1. The predicted octanol–water partition coefficient (Wildman–Crippen LogP) is 2.65. The van der Waals surface area contributed by atoms with E-state index in [2.05, 4.69) is 12.2 Å². The van der Waals surface area contributed by atoms with Gasteiger partial charge in [-0.15, -0.1) is 0 Å². The van der Waals surface area contributed by atoms with Crippen LogP contribution in [0.4, 0.5) is 0 Å². The molecule has 0 bridgehead atoms. The van der Waals surface area contributed by atoms with Gasteiger partial charge in [0.25, 0.3) is 0 Å². The Labute approximate surface area is 86.8 Å². The molecule has 2 atom stereocenters. The minimum Gasteiger partial charge on any atom is -0.350 e. The second-order valence-electron chi connectivity index (χ2n) is 4.23. The lowest BCUT2D eigenvalue weighted by Crippen LogP contribution is -2.37. The van der Waals surface area contributed by atoms with Gasteiger partial charge in [0, 0.05) is 6.04 Å². The van der Waals surface area contributed by atoms with Crippen LogP contribution in [-0.2, 0) is 4.79 Å². The van der Waals surface area contributed by atoms with E-state index in [4.69, 9.17) is 0 Å². The van der Waals surface area contributed by atoms with Crippen LogP contribution in [0.3, 0.4) is 0 Å². The molecule has 14 heavy (non-hydrogen) atoms. The van der Waals surface area contributed by atoms with Crippen molar-refractivity contribution in [1.82, 2.24) is 5.32 Å². The van der Waals surface area contributed by atoms with Crippen molar-refractivity contribution in [2.45, 2.75) is 52.0 Å². The maximum Gasteiger partial charge on any atom is 0.243 e. The molecule has 2 heteroatoms. The highest BCUT2D eigenvalue weighted by Gasteiger charge is 2.20. The van der Waals surface area contributed by atoms with Crippen molar-refractivity contribution in [1.29, 1.82) is 0 Å². The van der Waals surface area contributed by atoms with Crippen LogP contribution in [0, 0.1) is 5.92 Å². The molecular formula is C12H21NO. The molecule has 1 N–H and O–H groups in total. The van der Waals surface area contributed by atoms with Gasteiger partial charge >= 0.3 is 0 Å². The van der Waals surface area contributed by atoms with E-state index in [1.54, 1.807) is 12.2 Å². The maximum atomic E-state index is 11.4. The second kappa shape index (κ2) is 5.84. The van der Waals surface area contributed by atoms with Crippen molar-refractivity contribution in [3.05, 3.63) is 12.2 Å². The zero-order chi connectivity index (χ0) is 10.4. The molecule has 1 rings (SSSR count). The van der Waals surface area contributed by atoms with E-state index in [1.807, 2.05) is 6.92 Å². The molecule has 1 saturated carbocycles. The second-order valence-corrected chi connectivity index (χ2v) is 4.23. The van der Waals surface area contributed by atoms with Crippen LogP contribution in [0.5, 0.6) is 0 Å². The molecule has 0 radical (unpaired) electrons. The third-order valence-corrected chi connectivity index (χ3v) is 3.01. The monoisotopic (exact) mass is 195 g/mol. The molecule has 0 aromatic carbocycles. The van der Waals surface area contributed by atoms with Gasteiger partial charge in [-0.2, -0.15) is 0 Å². The highest BCUT2D eigenvalue weighted by molar-refractivity contribution is 5.87. The lowest BCUT2D eigenvalue weighted by molar-refractivity contribution is -0.117. The van der Waals surface area contributed by atoms with E-state index in [0.717, 1.165) is 6.42 Å². The maximum absolute atomic E-state index is 11.4. The van der Waals surface area contributed by atoms with Crippen LogP contribution in [0.2, 0.25) is 0 Å². The van der Waals surface area contributed by atoms with Crippen LogP contribution < -0.4 is 5.32 Å². The normalized spacial score (nSPS) is 28.7. The first-order chi connectivity index (χ1) is 6.74. The summed E-state index contributed by atoms with van der Waals surface area (Å²) in [5.41, 5.74) is 0. The number of carbonyl (C=O) groups excluding carboxylic acids is 1. The number of carbonyl (C=O) groups is 1. The summed E-state index contributed by atoms with van der Waals surface area (Å²) in [4.78, 5) is 11.4. The summed E-state index contributed by atoms with van der Waals surface area (Å²) in [6, 6.07) is 0.390. The van der Waals surface area contributed by atoms with E-state index in [-0.39, 0.29) is 5.91 Å². The lowest BCUT2D eigenvalue weighted by Gasteiger charge is -2.21. The number of nitrogens with one attached hydrogen (secondary N) is 1. The van der Waals surface area contributed by atoms with Crippen LogP contribution in [-0.4, -0.2) is 11.9 Å². The highest BCUT2D eigenvalue weighted by Crippen LogP contribution is 2.22. The smallest absolute Gasteiger partial charge is 0.243 e. The Morgan fingerprint density at radius 3 is 2.71 bits per heavy atom. The van der Waals surface area contributed by atoms with Crippen LogP contribution in [0.15, 0.2) is 12.2 Å². The van der Waals surface area contributed by atoms with Crippen LogP contribution in [0.25, 0.3) is 0 Å². The molecular weight excluding hydrogens is 174 g/mol. The zero-order valence-corrected chi connectivity index (χ0v) is 9.25. The first-order valence-corrected chi connectivity index (χ1v) is 5.67. The predicted molar refractivity (Wildman–Crippen MR) is 59.0 cm³/mol. The van der Waals surface area contributed by atoms with E-state index in [1.165, 1.54) is 25.7 Å². The number of amides is 1. The van der Waals surface area contributed by atoms with E-state index in [0.29, 0.717) is 12.0 Å². The summed E-state index contributed by atoms with van der Waals surface area (Å²) in [5, 5.41) is 3.08. The van der Waals surface area contributed by atoms with Crippen LogP contribution in [0.1, 0.15) is 46.0 Å². The average Bonchev–Trinajstić information content (AvgIpc) is 2.33. The number of allylic oxidation sites excluding steroid dienone is 1. The topological polar surface area (TPSA) is 29.1 Å². The fourth-order valence-corrected chi connectivity index (χ4v) is 2.09. The molecule has 0 spiro atoms. The van der Waals surface area contributed by atoms with Crippen molar-refractivity contribution in [3.63, 3.8) is 0 Å². The lowest BCUT2D eigenvalue weighted by atomic mass is 9.97. The van der Waals surface area contributed by atoms with E-state index >= 15 is 0 Å². The van der Waals surface area contributed by atoms with Crippen molar-refractivity contribution in [3.8, 4) is 0 Å². The Kier molecular flexibility index (Phi) is 4.71. The molecule has 0 saturated heterocycles. The van der Waals surface area contributed by atoms with Gasteiger partial charge in [0.1, 0.15) is 0 Å². The fraction of sp³-hybridized carbons (Fsp3) is 0.750. The molecule has 2 unspecified atom stereocenters. The Morgan fingerprint density at radius 2 is 2.00 bits per heavy atom. The first-order valence-electron chi connectivity index (χ1n) is 5.67. The van der Waals surface area contributed by atoms with Gasteiger partial charge in [0.05, 0.1) is 0 Å². The van der Waals surface area contributed by atoms with Gasteiger partial charge in [-0.3, -0.25) is 4.79 Å². The molecule has 80 valence electrons. The molecule has 0 aromatic heterocycles. The minimum atomic E-state index is 0.0613. The zero-order valence-electron chi connectivity index (χ0n) is 9.25. The molecule has 1 fully saturated rings. The number of rotatable bonds is 2. The molecule has 0 heterocycles. The van der Waals surface area contributed by atoms with Crippen molar-refractivity contribution >= 4 is 5.91 Å². The van der Waals surface area contributed by atoms with Crippen molar-refractivity contribution < 1.29 is 4.79 Å². The summed E-state index contributed by atoms with van der Waals surface area (Å²) < 4.78 is 0. The summed E-state index contributed by atoms with van der Waals surface area (Å²) in [7, 11) is 0. The summed E-state index contributed by atoms with van der Waals surface area (Å²) in [5.74, 6) is 0.693. The molecule has 2 nitrogen and oxygen atoms in total. The third-order valence-electron chi connectivity index (χ3n) is 3.01. The summed E-state index contributed by atoms with van der Waals surface area (Å²) >= 11 is 0. The van der Waals surface area contributed by atoms with Crippen LogP contribution >= 0.6 is 0 Å².